The van der Waals surface area contributed by atoms with Crippen LogP contribution in [-0.2, 0) is 13.6 Å². The Morgan fingerprint density at radius 2 is 1.95 bits per heavy atom. The van der Waals surface area contributed by atoms with E-state index in [1.54, 1.807) is 35.8 Å². The average molecular weight is 269 g/mol. The number of hydrogen-bond acceptors (Lipinski definition) is 3. The maximum absolute atomic E-state index is 12.2. The number of aromatic nitrogens is 3. The van der Waals surface area contributed by atoms with Crippen LogP contribution in [0, 0.1) is 0 Å². The lowest BCUT2D eigenvalue weighted by atomic mass is 10.2. The first-order valence-corrected chi connectivity index (χ1v) is 6.33. The number of fused-ring (bicyclic) bond motifs is 1. The third-order valence-corrected chi connectivity index (χ3v) is 3.36. The predicted octanol–water partition coefficient (Wildman–Crippen LogP) is 1.79. The zero-order valence-corrected chi connectivity index (χ0v) is 11.4. The summed E-state index contributed by atoms with van der Waals surface area (Å²) in [6.07, 6.45) is 3.48. The monoisotopic (exact) mass is 269 g/mol. The van der Waals surface area contributed by atoms with Crippen molar-refractivity contribution in [3.63, 3.8) is 0 Å². The molecule has 0 aliphatic rings. The fourth-order valence-electron chi connectivity index (χ4n) is 2.21. The van der Waals surface area contributed by atoms with Crippen molar-refractivity contribution >= 4 is 10.9 Å². The molecular formula is C15H15N3O2. The van der Waals surface area contributed by atoms with E-state index in [1.807, 2.05) is 30.3 Å². The quantitative estimate of drug-likeness (QED) is 0.728. The maximum atomic E-state index is 12.2. The standard InChI is InChI=1S/C15H15N3O2/c1-17-8-7-12-9-16-18(14(12)15(17)19)10-11-3-5-13(20-2)6-4-11/h3-9H,10H2,1-2H3. The van der Waals surface area contributed by atoms with Gasteiger partial charge in [-0.2, -0.15) is 5.10 Å². The lowest BCUT2D eigenvalue weighted by Crippen LogP contribution is -2.19. The van der Waals surface area contributed by atoms with Gasteiger partial charge < -0.3 is 9.30 Å². The molecule has 3 rings (SSSR count). The summed E-state index contributed by atoms with van der Waals surface area (Å²) in [5, 5.41) is 5.17. The molecule has 20 heavy (non-hydrogen) atoms. The summed E-state index contributed by atoms with van der Waals surface area (Å²) in [6.45, 7) is 0.562. The molecule has 2 aromatic heterocycles. The fraction of sp³-hybridized carbons (Fsp3) is 0.200. The van der Waals surface area contributed by atoms with E-state index in [1.165, 1.54) is 0 Å². The molecule has 0 N–H and O–H groups in total. The van der Waals surface area contributed by atoms with Crippen molar-refractivity contribution in [2.24, 2.45) is 7.05 Å². The Labute approximate surface area is 116 Å². The Morgan fingerprint density at radius 1 is 1.20 bits per heavy atom. The van der Waals surface area contributed by atoms with Crippen LogP contribution in [0.1, 0.15) is 5.56 Å². The van der Waals surface area contributed by atoms with Gasteiger partial charge in [-0.1, -0.05) is 12.1 Å². The third kappa shape index (κ3) is 2.07. The highest BCUT2D eigenvalue weighted by Crippen LogP contribution is 2.14. The van der Waals surface area contributed by atoms with Gasteiger partial charge in [0, 0.05) is 18.6 Å². The minimum Gasteiger partial charge on any atom is -0.497 e. The highest BCUT2D eigenvalue weighted by Gasteiger charge is 2.08. The maximum Gasteiger partial charge on any atom is 0.276 e. The van der Waals surface area contributed by atoms with Gasteiger partial charge in [-0.05, 0) is 23.8 Å². The fourth-order valence-corrected chi connectivity index (χ4v) is 2.21. The van der Waals surface area contributed by atoms with Crippen LogP contribution in [-0.4, -0.2) is 21.5 Å². The first-order chi connectivity index (χ1) is 9.69. The van der Waals surface area contributed by atoms with Gasteiger partial charge in [0.25, 0.3) is 5.56 Å². The van der Waals surface area contributed by atoms with Crippen molar-refractivity contribution in [1.29, 1.82) is 0 Å². The average Bonchev–Trinajstić information content (AvgIpc) is 2.87. The zero-order chi connectivity index (χ0) is 14.1. The molecule has 0 aliphatic heterocycles. The van der Waals surface area contributed by atoms with Crippen molar-refractivity contribution in [3.05, 3.63) is 58.6 Å². The summed E-state index contributed by atoms with van der Waals surface area (Å²) in [6, 6.07) is 9.64. The Kier molecular flexibility index (Phi) is 3.02. The molecule has 0 saturated heterocycles. The lowest BCUT2D eigenvalue weighted by molar-refractivity contribution is 0.414. The SMILES string of the molecule is COc1ccc(Cn2ncc3ccn(C)c(=O)c32)cc1. The number of nitrogens with zero attached hydrogens (tertiary/aromatic N) is 3. The van der Waals surface area contributed by atoms with Gasteiger partial charge in [0.15, 0.2) is 0 Å². The molecule has 0 aliphatic carbocycles. The van der Waals surface area contributed by atoms with E-state index in [9.17, 15) is 4.79 Å². The molecule has 0 amide bonds. The van der Waals surface area contributed by atoms with Crippen LogP contribution >= 0.6 is 0 Å². The van der Waals surface area contributed by atoms with Crippen molar-refractivity contribution in [3.8, 4) is 5.75 Å². The van der Waals surface area contributed by atoms with Crippen molar-refractivity contribution in [2.45, 2.75) is 6.54 Å². The third-order valence-electron chi connectivity index (χ3n) is 3.36. The number of pyridine rings is 1. The summed E-state index contributed by atoms with van der Waals surface area (Å²) < 4.78 is 8.43. The topological polar surface area (TPSA) is 49.0 Å². The molecule has 0 fully saturated rings. The first-order valence-electron chi connectivity index (χ1n) is 6.33. The van der Waals surface area contributed by atoms with Gasteiger partial charge in [0.05, 0.1) is 19.9 Å². The minimum absolute atomic E-state index is 0.0338. The highest BCUT2D eigenvalue weighted by atomic mass is 16.5. The molecule has 5 heteroatoms. The molecule has 0 unspecified atom stereocenters. The number of hydrogen-bond donors (Lipinski definition) is 0. The summed E-state index contributed by atoms with van der Waals surface area (Å²) >= 11 is 0. The van der Waals surface area contributed by atoms with Gasteiger partial charge in [-0.25, -0.2) is 0 Å². The largest absolute Gasteiger partial charge is 0.497 e. The van der Waals surface area contributed by atoms with E-state index in [0.717, 1.165) is 16.7 Å². The Bertz CT molecular complexity index is 800. The molecule has 1 aromatic carbocycles. The summed E-state index contributed by atoms with van der Waals surface area (Å²) in [7, 11) is 3.38. The summed E-state index contributed by atoms with van der Waals surface area (Å²) in [5.41, 5.74) is 1.67. The van der Waals surface area contributed by atoms with Gasteiger partial charge >= 0.3 is 0 Å². The number of benzene rings is 1. The molecule has 0 spiro atoms. The van der Waals surface area contributed by atoms with Gasteiger partial charge in [-0.3, -0.25) is 9.48 Å². The van der Waals surface area contributed by atoms with Crippen LogP contribution in [0.15, 0.2) is 47.5 Å². The summed E-state index contributed by atoms with van der Waals surface area (Å²) in [5.74, 6) is 0.815. The number of methoxy groups -OCH3 is 1. The van der Waals surface area contributed by atoms with E-state index in [2.05, 4.69) is 5.10 Å². The van der Waals surface area contributed by atoms with Crippen molar-refractivity contribution in [1.82, 2.24) is 14.3 Å². The van der Waals surface area contributed by atoms with E-state index in [-0.39, 0.29) is 5.56 Å². The Hall–Kier alpha value is -2.56. The molecule has 0 radical (unpaired) electrons. The Balaban J connectivity index is 2.02. The minimum atomic E-state index is -0.0338. The molecule has 2 heterocycles. The first kappa shape index (κ1) is 12.5. The van der Waals surface area contributed by atoms with E-state index in [0.29, 0.717) is 12.1 Å². The predicted molar refractivity (Wildman–Crippen MR) is 77.1 cm³/mol. The molecule has 0 saturated carbocycles. The number of rotatable bonds is 3. The van der Waals surface area contributed by atoms with E-state index >= 15 is 0 Å². The van der Waals surface area contributed by atoms with Crippen molar-refractivity contribution in [2.75, 3.05) is 7.11 Å². The smallest absolute Gasteiger partial charge is 0.276 e. The molecule has 0 atom stereocenters. The van der Waals surface area contributed by atoms with Gasteiger partial charge in [0.1, 0.15) is 11.3 Å². The lowest BCUT2D eigenvalue weighted by Gasteiger charge is -2.05. The second-order valence-corrected chi connectivity index (χ2v) is 4.69. The van der Waals surface area contributed by atoms with Crippen molar-refractivity contribution < 1.29 is 4.74 Å². The molecule has 0 bridgehead atoms. The van der Waals surface area contributed by atoms with Crippen LogP contribution in [0.3, 0.4) is 0 Å². The van der Waals surface area contributed by atoms with Crippen LogP contribution < -0.4 is 10.3 Å². The highest BCUT2D eigenvalue weighted by molar-refractivity contribution is 5.77. The number of aryl methyl sites for hydroxylation is 1. The molecule has 5 nitrogen and oxygen atoms in total. The van der Waals surface area contributed by atoms with E-state index < -0.39 is 0 Å². The molecular weight excluding hydrogens is 254 g/mol. The molecule has 3 aromatic rings. The van der Waals surface area contributed by atoms with Crippen LogP contribution in [0.2, 0.25) is 0 Å². The number of ether oxygens (including phenoxy) is 1. The van der Waals surface area contributed by atoms with Crippen LogP contribution in [0.25, 0.3) is 10.9 Å². The van der Waals surface area contributed by atoms with Crippen LogP contribution in [0.5, 0.6) is 5.75 Å². The molecule has 102 valence electrons. The van der Waals surface area contributed by atoms with Gasteiger partial charge in [-0.15, -0.1) is 0 Å². The van der Waals surface area contributed by atoms with E-state index in [4.69, 9.17) is 4.74 Å². The zero-order valence-electron chi connectivity index (χ0n) is 11.4. The van der Waals surface area contributed by atoms with Gasteiger partial charge in [0.2, 0.25) is 0 Å². The second-order valence-electron chi connectivity index (χ2n) is 4.69. The Morgan fingerprint density at radius 3 is 2.65 bits per heavy atom. The van der Waals surface area contributed by atoms with Crippen LogP contribution in [0.4, 0.5) is 0 Å². The summed E-state index contributed by atoms with van der Waals surface area (Å²) in [4.78, 5) is 12.2. The second kappa shape index (κ2) is 4.85. The normalized spacial score (nSPS) is 10.9.